The van der Waals surface area contributed by atoms with Crippen LogP contribution in [0.15, 0.2) is 35.5 Å². The highest BCUT2D eigenvalue weighted by molar-refractivity contribution is 6.18. The van der Waals surface area contributed by atoms with Crippen molar-refractivity contribution in [1.29, 1.82) is 0 Å². The highest BCUT2D eigenvalue weighted by Gasteiger charge is 2.06. The second-order valence-electron chi connectivity index (χ2n) is 4.84. The van der Waals surface area contributed by atoms with Crippen molar-refractivity contribution in [3.63, 3.8) is 0 Å². The van der Waals surface area contributed by atoms with Crippen molar-refractivity contribution in [1.82, 2.24) is 0 Å². The Kier molecular flexibility index (Phi) is 10.3. The second-order valence-corrected chi connectivity index (χ2v) is 5.22. The van der Waals surface area contributed by atoms with Gasteiger partial charge in [0.15, 0.2) is 0 Å². The van der Waals surface area contributed by atoms with Crippen LogP contribution in [-0.2, 0) is 9.53 Å². The Labute approximate surface area is 122 Å². The standard InChI is InChI=1S/C16H25ClO2/c1-13(2)7-5-8-14(3)9-6-10-15(4)16(18)19-12-11-17/h7,9H,4-6,8,10-12H2,1-3H3/b14-9+. The Bertz CT molecular complexity index is 350. The summed E-state index contributed by atoms with van der Waals surface area (Å²) in [7, 11) is 0. The molecule has 108 valence electrons. The second kappa shape index (κ2) is 10.9. The first-order chi connectivity index (χ1) is 8.97. The van der Waals surface area contributed by atoms with Crippen molar-refractivity contribution in [3.05, 3.63) is 35.5 Å². The first-order valence-electron chi connectivity index (χ1n) is 6.67. The first kappa shape index (κ1) is 18.0. The number of carbonyl (C=O) groups excluding carboxylic acids is 1. The first-order valence-corrected chi connectivity index (χ1v) is 7.20. The zero-order valence-electron chi connectivity index (χ0n) is 12.3. The van der Waals surface area contributed by atoms with E-state index in [-0.39, 0.29) is 12.6 Å². The van der Waals surface area contributed by atoms with Crippen LogP contribution in [0.25, 0.3) is 0 Å². The van der Waals surface area contributed by atoms with E-state index in [0.717, 1.165) is 19.3 Å². The van der Waals surface area contributed by atoms with E-state index in [1.165, 1.54) is 11.1 Å². The van der Waals surface area contributed by atoms with Gasteiger partial charge in [0, 0.05) is 5.57 Å². The molecule has 0 atom stereocenters. The molecule has 2 nitrogen and oxygen atoms in total. The SMILES string of the molecule is C=C(CC/C=C(\C)CCC=C(C)C)C(=O)OCCCl. The number of alkyl halides is 1. The third kappa shape index (κ3) is 10.6. The number of allylic oxidation sites excluding steroid dienone is 4. The van der Waals surface area contributed by atoms with Crippen LogP contribution in [0.5, 0.6) is 0 Å². The lowest BCUT2D eigenvalue weighted by atomic mass is 10.1. The zero-order valence-corrected chi connectivity index (χ0v) is 13.1. The van der Waals surface area contributed by atoms with Gasteiger partial charge in [-0.05, 0) is 46.5 Å². The van der Waals surface area contributed by atoms with Crippen molar-refractivity contribution in [2.75, 3.05) is 12.5 Å². The summed E-state index contributed by atoms with van der Waals surface area (Å²) in [5.41, 5.74) is 3.21. The van der Waals surface area contributed by atoms with Crippen LogP contribution < -0.4 is 0 Å². The summed E-state index contributed by atoms with van der Waals surface area (Å²) in [5, 5.41) is 0. The van der Waals surface area contributed by atoms with Gasteiger partial charge in [-0.3, -0.25) is 0 Å². The summed E-state index contributed by atoms with van der Waals surface area (Å²) >= 11 is 5.45. The largest absolute Gasteiger partial charge is 0.461 e. The third-order valence-electron chi connectivity index (χ3n) is 2.63. The summed E-state index contributed by atoms with van der Waals surface area (Å²) in [6.45, 7) is 10.3. The summed E-state index contributed by atoms with van der Waals surface area (Å²) < 4.78 is 4.90. The quantitative estimate of drug-likeness (QED) is 0.263. The average Bonchev–Trinajstić information content (AvgIpc) is 2.35. The average molecular weight is 285 g/mol. The smallest absolute Gasteiger partial charge is 0.333 e. The van der Waals surface area contributed by atoms with Gasteiger partial charge >= 0.3 is 5.97 Å². The van der Waals surface area contributed by atoms with E-state index < -0.39 is 0 Å². The molecule has 0 amide bonds. The molecule has 0 bridgehead atoms. The van der Waals surface area contributed by atoms with Crippen LogP contribution in [0.2, 0.25) is 0 Å². The molecule has 0 fully saturated rings. The van der Waals surface area contributed by atoms with Crippen LogP contribution >= 0.6 is 11.6 Å². The number of hydrogen-bond donors (Lipinski definition) is 0. The molecule has 0 aromatic rings. The maximum atomic E-state index is 11.4. The number of halogens is 1. The fraction of sp³-hybridized carbons (Fsp3) is 0.562. The van der Waals surface area contributed by atoms with Crippen molar-refractivity contribution in [2.45, 2.75) is 46.5 Å². The van der Waals surface area contributed by atoms with E-state index in [1.807, 2.05) is 0 Å². The zero-order chi connectivity index (χ0) is 14.7. The molecule has 0 heterocycles. The molecule has 0 spiro atoms. The summed E-state index contributed by atoms with van der Waals surface area (Å²) in [4.78, 5) is 11.4. The predicted octanol–water partition coefficient (Wildman–Crippen LogP) is 4.80. The molecule has 0 N–H and O–H groups in total. The monoisotopic (exact) mass is 284 g/mol. The fourth-order valence-electron chi connectivity index (χ4n) is 1.52. The Morgan fingerprint density at radius 1 is 1.16 bits per heavy atom. The van der Waals surface area contributed by atoms with Gasteiger partial charge in [0.25, 0.3) is 0 Å². The maximum Gasteiger partial charge on any atom is 0.333 e. The van der Waals surface area contributed by atoms with Crippen LogP contribution in [0, 0.1) is 0 Å². The molecule has 0 aliphatic carbocycles. The van der Waals surface area contributed by atoms with E-state index >= 15 is 0 Å². The van der Waals surface area contributed by atoms with Crippen LogP contribution in [0.4, 0.5) is 0 Å². The Hall–Kier alpha value is -1.02. The van der Waals surface area contributed by atoms with Gasteiger partial charge in [-0.15, -0.1) is 11.6 Å². The minimum atomic E-state index is -0.337. The van der Waals surface area contributed by atoms with E-state index in [4.69, 9.17) is 16.3 Å². The highest BCUT2D eigenvalue weighted by atomic mass is 35.5. The summed E-state index contributed by atoms with van der Waals surface area (Å²) in [6, 6.07) is 0. The lowest BCUT2D eigenvalue weighted by Crippen LogP contribution is -2.08. The molecule has 0 radical (unpaired) electrons. The third-order valence-corrected chi connectivity index (χ3v) is 2.78. The lowest BCUT2D eigenvalue weighted by molar-refractivity contribution is -0.138. The van der Waals surface area contributed by atoms with Crippen molar-refractivity contribution in [2.24, 2.45) is 0 Å². The molecule has 0 rings (SSSR count). The number of hydrogen-bond acceptors (Lipinski definition) is 2. The molecule has 0 saturated heterocycles. The van der Waals surface area contributed by atoms with Crippen molar-refractivity contribution in [3.8, 4) is 0 Å². The number of esters is 1. The fourth-order valence-corrected chi connectivity index (χ4v) is 1.60. The molecule has 0 saturated carbocycles. The minimum absolute atomic E-state index is 0.247. The molecule has 0 aliphatic heterocycles. The molecule has 0 unspecified atom stereocenters. The van der Waals surface area contributed by atoms with Gasteiger partial charge in [-0.2, -0.15) is 0 Å². The molecule has 0 aliphatic rings. The lowest BCUT2D eigenvalue weighted by Gasteiger charge is -2.04. The molecular formula is C16H25ClO2. The van der Waals surface area contributed by atoms with Crippen molar-refractivity contribution >= 4 is 17.6 Å². The van der Waals surface area contributed by atoms with E-state index in [1.54, 1.807) is 0 Å². The van der Waals surface area contributed by atoms with Gasteiger partial charge in [0.2, 0.25) is 0 Å². The topological polar surface area (TPSA) is 26.3 Å². The van der Waals surface area contributed by atoms with Gasteiger partial charge in [-0.25, -0.2) is 4.79 Å². The molecule has 19 heavy (non-hydrogen) atoms. The number of ether oxygens (including phenoxy) is 1. The van der Waals surface area contributed by atoms with Gasteiger partial charge in [0.1, 0.15) is 6.61 Å². The number of carbonyl (C=O) groups is 1. The van der Waals surface area contributed by atoms with Crippen molar-refractivity contribution < 1.29 is 9.53 Å². The summed E-state index contributed by atoms with van der Waals surface area (Å²) in [5.74, 6) is -0.0150. The Balaban J connectivity index is 3.90. The number of rotatable bonds is 9. The minimum Gasteiger partial charge on any atom is -0.461 e. The van der Waals surface area contributed by atoms with Crippen LogP contribution in [0.3, 0.4) is 0 Å². The molecule has 0 aromatic carbocycles. The predicted molar refractivity (Wildman–Crippen MR) is 82.5 cm³/mol. The summed E-state index contributed by atoms with van der Waals surface area (Å²) in [6.07, 6.45) is 8.01. The van der Waals surface area contributed by atoms with E-state index in [0.29, 0.717) is 17.9 Å². The molecular weight excluding hydrogens is 260 g/mol. The Morgan fingerprint density at radius 2 is 1.79 bits per heavy atom. The van der Waals surface area contributed by atoms with Gasteiger partial charge in [-0.1, -0.05) is 29.9 Å². The van der Waals surface area contributed by atoms with Gasteiger partial charge in [0.05, 0.1) is 5.88 Å². The van der Waals surface area contributed by atoms with Gasteiger partial charge < -0.3 is 4.74 Å². The Morgan fingerprint density at radius 3 is 2.37 bits per heavy atom. The normalized spacial score (nSPS) is 11.1. The van der Waals surface area contributed by atoms with Crippen LogP contribution in [-0.4, -0.2) is 18.5 Å². The maximum absolute atomic E-state index is 11.4. The van der Waals surface area contributed by atoms with Crippen LogP contribution in [0.1, 0.15) is 46.5 Å². The van der Waals surface area contributed by atoms with E-state index in [2.05, 4.69) is 39.5 Å². The molecule has 0 aromatic heterocycles. The van der Waals surface area contributed by atoms with E-state index in [9.17, 15) is 4.79 Å². The molecule has 3 heteroatoms. The highest BCUT2D eigenvalue weighted by Crippen LogP contribution is 2.11.